The van der Waals surface area contributed by atoms with Gasteiger partial charge in [-0.1, -0.05) is 11.6 Å². The Morgan fingerprint density at radius 2 is 1.90 bits per heavy atom. The largest absolute Gasteiger partial charge is 0.469 e. The van der Waals surface area contributed by atoms with Gasteiger partial charge in [-0.05, 0) is 44.2 Å². The standard InChI is InChI=1S/C15H14ClNO4/c1-9-13(7-8-20-9)15(19)21-10(2)14(18)17-12-5-3-11(16)4-6-12/h3-8,10H,1-2H3,(H,17,18)/t10-/m0/s1. The Bertz CT molecular complexity index is 648. The van der Waals surface area contributed by atoms with E-state index in [1.165, 1.54) is 19.3 Å². The van der Waals surface area contributed by atoms with Crippen LogP contribution in [0.1, 0.15) is 23.0 Å². The van der Waals surface area contributed by atoms with Crippen LogP contribution in [0.3, 0.4) is 0 Å². The van der Waals surface area contributed by atoms with Gasteiger partial charge in [0.05, 0.1) is 6.26 Å². The summed E-state index contributed by atoms with van der Waals surface area (Å²) in [6.07, 6.45) is 0.465. The first kappa shape index (κ1) is 15.1. The zero-order chi connectivity index (χ0) is 15.4. The van der Waals surface area contributed by atoms with Crippen LogP contribution >= 0.6 is 11.6 Å². The molecule has 1 aromatic heterocycles. The van der Waals surface area contributed by atoms with Gasteiger partial charge in [-0.25, -0.2) is 4.79 Å². The van der Waals surface area contributed by atoms with E-state index in [-0.39, 0.29) is 0 Å². The highest BCUT2D eigenvalue weighted by atomic mass is 35.5. The van der Waals surface area contributed by atoms with Crippen molar-refractivity contribution in [2.45, 2.75) is 20.0 Å². The number of hydrogen-bond donors (Lipinski definition) is 1. The third-order valence-corrected chi connectivity index (χ3v) is 3.10. The Balaban J connectivity index is 1.95. The molecule has 6 heteroatoms. The summed E-state index contributed by atoms with van der Waals surface area (Å²) in [5.41, 5.74) is 0.882. The zero-order valence-corrected chi connectivity index (χ0v) is 12.3. The predicted octanol–water partition coefficient (Wildman–Crippen LogP) is 3.43. The number of amides is 1. The van der Waals surface area contributed by atoms with Crippen molar-refractivity contribution >= 4 is 29.2 Å². The van der Waals surface area contributed by atoms with Crippen LogP contribution in [0.2, 0.25) is 5.02 Å². The van der Waals surface area contributed by atoms with Crippen molar-refractivity contribution in [3.8, 4) is 0 Å². The molecule has 110 valence electrons. The van der Waals surface area contributed by atoms with Crippen LogP contribution in [0, 0.1) is 6.92 Å². The molecule has 0 aliphatic rings. The molecule has 0 fully saturated rings. The Labute approximate surface area is 126 Å². The van der Waals surface area contributed by atoms with E-state index in [1.807, 2.05) is 0 Å². The molecule has 0 saturated heterocycles. The first-order valence-corrected chi connectivity index (χ1v) is 6.66. The lowest BCUT2D eigenvalue weighted by Gasteiger charge is -2.13. The van der Waals surface area contributed by atoms with Gasteiger partial charge in [0, 0.05) is 10.7 Å². The van der Waals surface area contributed by atoms with E-state index in [4.69, 9.17) is 20.8 Å². The molecule has 0 bridgehead atoms. The maximum absolute atomic E-state index is 11.9. The van der Waals surface area contributed by atoms with E-state index in [9.17, 15) is 9.59 Å². The van der Waals surface area contributed by atoms with Crippen LogP contribution in [0.4, 0.5) is 5.69 Å². The van der Waals surface area contributed by atoms with Crippen molar-refractivity contribution < 1.29 is 18.7 Å². The number of anilines is 1. The number of benzene rings is 1. The van der Waals surface area contributed by atoms with Gasteiger partial charge in [-0.2, -0.15) is 0 Å². The molecule has 5 nitrogen and oxygen atoms in total. The third kappa shape index (κ3) is 3.86. The summed E-state index contributed by atoms with van der Waals surface area (Å²) >= 11 is 5.76. The van der Waals surface area contributed by atoms with Crippen LogP contribution < -0.4 is 5.32 Å². The van der Waals surface area contributed by atoms with Gasteiger partial charge in [0.25, 0.3) is 5.91 Å². The van der Waals surface area contributed by atoms with E-state index in [2.05, 4.69) is 5.32 Å². The molecule has 1 aromatic carbocycles. The number of carbonyl (C=O) groups excluding carboxylic acids is 2. The average molecular weight is 308 g/mol. The lowest BCUT2D eigenvalue weighted by Crippen LogP contribution is -2.30. The SMILES string of the molecule is Cc1occc1C(=O)O[C@@H](C)C(=O)Nc1ccc(Cl)cc1. The van der Waals surface area contributed by atoms with E-state index in [0.29, 0.717) is 22.0 Å². The fraction of sp³-hybridized carbons (Fsp3) is 0.200. The second kappa shape index (κ2) is 6.45. The number of hydrogen-bond acceptors (Lipinski definition) is 4. The lowest BCUT2D eigenvalue weighted by molar-refractivity contribution is -0.123. The van der Waals surface area contributed by atoms with E-state index >= 15 is 0 Å². The number of rotatable bonds is 4. The number of halogens is 1. The first-order valence-electron chi connectivity index (χ1n) is 6.29. The number of ether oxygens (including phenoxy) is 1. The van der Waals surface area contributed by atoms with Crippen LogP contribution in [0.25, 0.3) is 0 Å². The number of aryl methyl sites for hydroxylation is 1. The fourth-order valence-corrected chi connectivity index (χ4v) is 1.78. The van der Waals surface area contributed by atoms with E-state index < -0.39 is 18.0 Å². The van der Waals surface area contributed by atoms with Crippen LogP contribution in [-0.4, -0.2) is 18.0 Å². The maximum Gasteiger partial charge on any atom is 0.342 e. The molecule has 0 aliphatic carbocycles. The molecule has 0 aliphatic heterocycles. The van der Waals surface area contributed by atoms with Crippen molar-refractivity contribution in [3.05, 3.63) is 52.9 Å². The van der Waals surface area contributed by atoms with Crippen molar-refractivity contribution in [2.24, 2.45) is 0 Å². The van der Waals surface area contributed by atoms with Crippen LogP contribution in [0.5, 0.6) is 0 Å². The second-order valence-electron chi connectivity index (χ2n) is 4.43. The Kier molecular flexibility index (Phi) is 4.65. The number of esters is 1. The second-order valence-corrected chi connectivity index (χ2v) is 4.87. The molecule has 1 heterocycles. The van der Waals surface area contributed by atoms with Gasteiger partial charge in [0.2, 0.25) is 0 Å². The third-order valence-electron chi connectivity index (χ3n) is 2.84. The van der Waals surface area contributed by atoms with Gasteiger partial charge in [-0.3, -0.25) is 4.79 Å². The molecule has 0 saturated carbocycles. The smallest absolute Gasteiger partial charge is 0.342 e. The quantitative estimate of drug-likeness (QED) is 0.879. The molecule has 0 spiro atoms. The predicted molar refractivity (Wildman–Crippen MR) is 78.4 cm³/mol. The van der Waals surface area contributed by atoms with Crippen molar-refractivity contribution in [3.63, 3.8) is 0 Å². The Morgan fingerprint density at radius 3 is 2.48 bits per heavy atom. The lowest BCUT2D eigenvalue weighted by atomic mass is 10.2. The van der Waals surface area contributed by atoms with Gasteiger partial charge >= 0.3 is 5.97 Å². The average Bonchev–Trinajstić information content (AvgIpc) is 2.87. The Morgan fingerprint density at radius 1 is 1.24 bits per heavy atom. The van der Waals surface area contributed by atoms with Crippen molar-refractivity contribution in [1.29, 1.82) is 0 Å². The van der Waals surface area contributed by atoms with E-state index in [1.54, 1.807) is 31.2 Å². The van der Waals surface area contributed by atoms with Crippen molar-refractivity contribution in [2.75, 3.05) is 5.32 Å². The molecule has 2 rings (SSSR count). The maximum atomic E-state index is 11.9. The molecular formula is C15H14ClNO4. The highest BCUT2D eigenvalue weighted by molar-refractivity contribution is 6.30. The molecule has 2 aromatic rings. The molecular weight excluding hydrogens is 294 g/mol. The molecule has 21 heavy (non-hydrogen) atoms. The minimum absolute atomic E-state index is 0.307. The summed E-state index contributed by atoms with van der Waals surface area (Å²) in [5, 5.41) is 3.21. The summed E-state index contributed by atoms with van der Waals surface area (Å²) in [6, 6.07) is 8.14. The molecule has 1 atom stereocenters. The Hall–Kier alpha value is -2.27. The number of nitrogens with one attached hydrogen (secondary N) is 1. The van der Waals surface area contributed by atoms with Crippen LogP contribution in [-0.2, 0) is 9.53 Å². The van der Waals surface area contributed by atoms with Crippen molar-refractivity contribution in [1.82, 2.24) is 0 Å². The normalized spacial score (nSPS) is 11.8. The monoisotopic (exact) mass is 307 g/mol. The summed E-state index contributed by atoms with van der Waals surface area (Å²) in [7, 11) is 0. The molecule has 0 radical (unpaired) electrons. The summed E-state index contributed by atoms with van der Waals surface area (Å²) < 4.78 is 10.1. The topological polar surface area (TPSA) is 68.5 Å². The summed E-state index contributed by atoms with van der Waals surface area (Å²) in [6.45, 7) is 3.15. The number of carbonyl (C=O) groups is 2. The summed E-state index contributed by atoms with van der Waals surface area (Å²) in [5.74, 6) is -0.572. The minimum atomic E-state index is -0.928. The van der Waals surface area contributed by atoms with Gasteiger partial charge < -0.3 is 14.5 Å². The zero-order valence-electron chi connectivity index (χ0n) is 11.6. The van der Waals surface area contributed by atoms with Gasteiger partial charge in [-0.15, -0.1) is 0 Å². The highest BCUT2D eigenvalue weighted by Crippen LogP contribution is 2.15. The first-order chi connectivity index (χ1) is 9.97. The number of furan rings is 1. The van der Waals surface area contributed by atoms with Gasteiger partial charge in [0.15, 0.2) is 6.10 Å². The highest BCUT2D eigenvalue weighted by Gasteiger charge is 2.21. The molecule has 1 N–H and O–H groups in total. The van der Waals surface area contributed by atoms with Gasteiger partial charge in [0.1, 0.15) is 11.3 Å². The molecule has 1 amide bonds. The fourth-order valence-electron chi connectivity index (χ4n) is 1.65. The molecule has 0 unspecified atom stereocenters. The summed E-state index contributed by atoms with van der Waals surface area (Å²) in [4.78, 5) is 23.8. The minimum Gasteiger partial charge on any atom is -0.469 e. The van der Waals surface area contributed by atoms with E-state index in [0.717, 1.165) is 0 Å². The van der Waals surface area contributed by atoms with Crippen LogP contribution in [0.15, 0.2) is 41.0 Å².